The highest BCUT2D eigenvalue weighted by molar-refractivity contribution is 7.57. The Hall–Kier alpha value is 0.390. The molecular formula is C14H32NP. The molecule has 0 spiro atoms. The van der Waals surface area contributed by atoms with Gasteiger partial charge in [0.15, 0.2) is 0 Å². The van der Waals surface area contributed by atoms with E-state index in [-0.39, 0.29) is 0 Å². The van der Waals surface area contributed by atoms with Crippen molar-refractivity contribution >= 4 is 7.92 Å². The van der Waals surface area contributed by atoms with Crippen LogP contribution in [0.3, 0.4) is 0 Å². The molecule has 0 aromatic rings. The van der Waals surface area contributed by atoms with Gasteiger partial charge >= 0.3 is 0 Å². The maximum Gasteiger partial charge on any atom is -0.00773 e. The first kappa shape index (κ1) is 16.4. The van der Waals surface area contributed by atoms with Crippen molar-refractivity contribution in [3.8, 4) is 0 Å². The first-order valence-electron chi connectivity index (χ1n) is 7.27. The fourth-order valence-corrected chi connectivity index (χ4v) is 4.76. The van der Waals surface area contributed by atoms with E-state index in [0.29, 0.717) is 7.92 Å². The highest BCUT2D eigenvalue weighted by atomic mass is 31.1. The molecule has 0 radical (unpaired) electrons. The minimum atomic E-state index is 0.392. The normalized spacial score (nSPS) is 11.2. The molecule has 0 bridgehead atoms. The average molecular weight is 245 g/mol. The fourth-order valence-electron chi connectivity index (χ4n) is 2.15. The summed E-state index contributed by atoms with van der Waals surface area (Å²) in [5.74, 6) is 0. The van der Waals surface area contributed by atoms with Gasteiger partial charge in [0.1, 0.15) is 0 Å². The van der Waals surface area contributed by atoms with E-state index in [9.17, 15) is 0 Å². The second-order valence-electron chi connectivity index (χ2n) is 4.75. The molecule has 0 heterocycles. The highest BCUT2D eigenvalue weighted by Gasteiger charge is 2.04. The average Bonchev–Trinajstić information content (AvgIpc) is 2.28. The molecule has 0 aliphatic carbocycles. The van der Waals surface area contributed by atoms with Crippen LogP contribution in [0.5, 0.6) is 0 Å². The van der Waals surface area contributed by atoms with E-state index < -0.39 is 0 Å². The monoisotopic (exact) mass is 245 g/mol. The topological polar surface area (TPSA) is 26.0 Å². The van der Waals surface area contributed by atoms with Crippen LogP contribution < -0.4 is 5.73 Å². The molecule has 0 fully saturated rings. The van der Waals surface area contributed by atoms with Crippen LogP contribution in [0.15, 0.2) is 0 Å². The van der Waals surface area contributed by atoms with E-state index in [0.717, 1.165) is 6.54 Å². The van der Waals surface area contributed by atoms with Gasteiger partial charge in [-0.1, -0.05) is 52.4 Å². The van der Waals surface area contributed by atoms with E-state index in [2.05, 4.69) is 13.8 Å². The van der Waals surface area contributed by atoms with Crippen molar-refractivity contribution in [2.24, 2.45) is 5.73 Å². The Morgan fingerprint density at radius 3 is 1.69 bits per heavy atom. The van der Waals surface area contributed by atoms with Crippen LogP contribution in [-0.4, -0.2) is 25.0 Å². The molecule has 0 rings (SSSR count). The maximum atomic E-state index is 5.48. The lowest BCUT2D eigenvalue weighted by molar-refractivity contribution is 0.613. The Labute approximate surface area is 104 Å². The highest BCUT2D eigenvalue weighted by Crippen LogP contribution is 2.37. The molecule has 16 heavy (non-hydrogen) atoms. The van der Waals surface area contributed by atoms with Gasteiger partial charge in [0, 0.05) is 0 Å². The number of hydrogen-bond donors (Lipinski definition) is 1. The van der Waals surface area contributed by atoms with Gasteiger partial charge in [-0.15, -0.1) is 7.92 Å². The summed E-state index contributed by atoms with van der Waals surface area (Å²) in [6.07, 6.45) is 15.7. The Kier molecular flexibility index (Phi) is 13.8. The van der Waals surface area contributed by atoms with E-state index in [1.165, 1.54) is 69.9 Å². The summed E-state index contributed by atoms with van der Waals surface area (Å²) >= 11 is 0. The van der Waals surface area contributed by atoms with Crippen molar-refractivity contribution < 1.29 is 0 Å². The molecule has 1 nitrogen and oxygen atoms in total. The Morgan fingerprint density at radius 1 is 0.688 bits per heavy atom. The third-order valence-electron chi connectivity index (χ3n) is 3.01. The Bertz CT molecular complexity index is 122. The number of nitrogens with two attached hydrogens (primary N) is 1. The molecule has 0 atom stereocenters. The third kappa shape index (κ3) is 10.9. The zero-order valence-corrected chi connectivity index (χ0v) is 12.4. The molecule has 0 amide bonds. The van der Waals surface area contributed by atoms with Crippen LogP contribution >= 0.6 is 7.92 Å². The van der Waals surface area contributed by atoms with Crippen LogP contribution in [0.2, 0.25) is 0 Å². The van der Waals surface area contributed by atoms with Crippen LogP contribution in [0.25, 0.3) is 0 Å². The minimum absolute atomic E-state index is 0.392. The van der Waals surface area contributed by atoms with Gasteiger partial charge in [-0.3, -0.25) is 0 Å². The zero-order valence-electron chi connectivity index (χ0n) is 11.5. The first-order valence-corrected chi connectivity index (χ1v) is 9.17. The van der Waals surface area contributed by atoms with Crippen molar-refractivity contribution in [3.05, 3.63) is 0 Å². The number of rotatable bonds is 12. The second kappa shape index (κ2) is 13.5. The third-order valence-corrected chi connectivity index (χ3v) is 6.12. The van der Waals surface area contributed by atoms with Gasteiger partial charge in [-0.05, 0) is 37.9 Å². The maximum absolute atomic E-state index is 5.48. The molecular weight excluding hydrogens is 213 g/mol. The second-order valence-corrected chi connectivity index (χ2v) is 7.43. The molecule has 0 aliphatic rings. The van der Waals surface area contributed by atoms with E-state index >= 15 is 0 Å². The molecule has 2 heteroatoms. The molecule has 0 aromatic carbocycles. The van der Waals surface area contributed by atoms with Crippen molar-refractivity contribution in [1.29, 1.82) is 0 Å². The predicted molar refractivity (Wildman–Crippen MR) is 78.9 cm³/mol. The van der Waals surface area contributed by atoms with Gasteiger partial charge < -0.3 is 5.73 Å². The Balaban J connectivity index is 3.25. The van der Waals surface area contributed by atoms with Gasteiger partial charge in [0.25, 0.3) is 0 Å². The number of hydrogen-bond acceptors (Lipinski definition) is 1. The summed E-state index contributed by atoms with van der Waals surface area (Å²) in [6, 6.07) is 0. The van der Waals surface area contributed by atoms with Crippen molar-refractivity contribution in [3.63, 3.8) is 0 Å². The number of unbranched alkanes of at least 4 members (excludes halogenated alkanes) is 5. The molecule has 98 valence electrons. The fraction of sp³-hybridized carbons (Fsp3) is 1.00. The zero-order chi connectivity index (χ0) is 12.1. The molecule has 0 aliphatic heterocycles. The molecule has 0 unspecified atom stereocenters. The van der Waals surface area contributed by atoms with Crippen molar-refractivity contribution in [2.45, 2.75) is 65.2 Å². The SMILES string of the molecule is CCCP(CCC)CCCCCCCCN. The molecule has 0 saturated carbocycles. The standard InChI is InChI=1S/C14H32NP/c1-3-12-16(13-4-2)14-10-8-6-5-7-9-11-15/h3-15H2,1-2H3. The summed E-state index contributed by atoms with van der Waals surface area (Å²) in [5, 5.41) is 0. The van der Waals surface area contributed by atoms with Gasteiger partial charge in [-0.25, -0.2) is 0 Å². The van der Waals surface area contributed by atoms with Gasteiger partial charge in [0.2, 0.25) is 0 Å². The summed E-state index contributed by atoms with van der Waals surface area (Å²) in [5.41, 5.74) is 5.48. The quantitative estimate of drug-likeness (QED) is 0.395. The largest absolute Gasteiger partial charge is 0.330 e. The predicted octanol–water partition coefficient (Wildman–Crippen LogP) is 4.59. The van der Waals surface area contributed by atoms with Crippen LogP contribution in [0.1, 0.15) is 65.2 Å². The van der Waals surface area contributed by atoms with Crippen molar-refractivity contribution in [1.82, 2.24) is 0 Å². The summed E-state index contributed by atoms with van der Waals surface area (Å²) in [7, 11) is 0.392. The lowest BCUT2D eigenvalue weighted by Crippen LogP contribution is -1.97. The van der Waals surface area contributed by atoms with E-state index in [1.807, 2.05) is 0 Å². The molecule has 0 saturated heterocycles. The van der Waals surface area contributed by atoms with Crippen LogP contribution in [0.4, 0.5) is 0 Å². The van der Waals surface area contributed by atoms with Gasteiger partial charge in [0.05, 0.1) is 0 Å². The minimum Gasteiger partial charge on any atom is -0.330 e. The summed E-state index contributed by atoms with van der Waals surface area (Å²) in [4.78, 5) is 0. The smallest absolute Gasteiger partial charge is 0.00773 e. The van der Waals surface area contributed by atoms with Crippen LogP contribution in [0, 0.1) is 0 Å². The van der Waals surface area contributed by atoms with E-state index in [1.54, 1.807) is 0 Å². The van der Waals surface area contributed by atoms with Crippen molar-refractivity contribution in [2.75, 3.05) is 25.0 Å². The lowest BCUT2D eigenvalue weighted by Gasteiger charge is -2.15. The molecule has 2 N–H and O–H groups in total. The first-order chi connectivity index (χ1) is 7.85. The lowest BCUT2D eigenvalue weighted by atomic mass is 10.1. The van der Waals surface area contributed by atoms with E-state index in [4.69, 9.17) is 5.73 Å². The summed E-state index contributed by atoms with van der Waals surface area (Å²) in [6.45, 7) is 5.54. The van der Waals surface area contributed by atoms with Gasteiger partial charge in [-0.2, -0.15) is 0 Å². The molecule has 0 aromatic heterocycles. The summed E-state index contributed by atoms with van der Waals surface area (Å²) < 4.78 is 0. The Morgan fingerprint density at radius 2 is 1.19 bits per heavy atom. The van der Waals surface area contributed by atoms with Crippen LogP contribution in [-0.2, 0) is 0 Å².